The van der Waals surface area contributed by atoms with Gasteiger partial charge in [-0.05, 0) is 44.6 Å². The van der Waals surface area contributed by atoms with Crippen LogP contribution < -0.4 is 5.32 Å². The topological polar surface area (TPSA) is 21.3 Å². The van der Waals surface area contributed by atoms with Gasteiger partial charge in [0.2, 0.25) is 0 Å². The Morgan fingerprint density at radius 1 is 1.05 bits per heavy atom. The van der Waals surface area contributed by atoms with Crippen LogP contribution in [0.2, 0.25) is 0 Å². The van der Waals surface area contributed by atoms with Gasteiger partial charge in [0.05, 0.1) is 6.10 Å². The molecule has 0 saturated heterocycles. The Morgan fingerprint density at radius 2 is 1.79 bits per heavy atom. The second-order valence-corrected chi connectivity index (χ2v) is 7.11. The van der Waals surface area contributed by atoms with Crippen molar-refractivity contribution in [3.63, 3.8) is 0 Å². The molecule has 3 aliphatic rings. The maximum atomic E-state index is 6.39. The van der Waals surface area contributed by atoms with E-state index < -0.39 is 0 Å². The first-order valence-electron chi connectivity index (χ1n) is 8.70. The SMILES string of the molecule is CCNC1CC(OCC2CCCC2)C12CCCCC2. The van der Waals surface area contributed by atoms with Gasteiger partial charge < -0.3 is 10.1 Å². The molecule has 2 heteroatoms. The zero-order chi connectivity index (χ0) is 13.1. The summed E-state index contributed by atoms with van der Waals surface area (Å²) in [7, 11) is 0. The summed E-state index contributed by atoms with van der Waals surface area (Å²) in [5.74, 6) is 0.874. The Morgan fingerprint density at radius 3 is 2.47 bits per heavy atom. The third kappa shape index (κ3) is 2.71. The van der Waals surface area contributed by atoms with Crippen LogP contribution in [0.5, 0.6) is 0 Å². The maximum absolute atomic E-state index is 6.39. The van der Waals surface area contributed by atoms with Crippen LogP contribution in [-0.4, -0.2) is 25.3 Å². The third-order valence-corrected chi connectivity index (χ3v) is 6.03. The first kappa shape index (κ1) is 13.9. The average molecular weight is 265 g/mol. The Kier molecular flexibility index (Phi) is 4.48. The molecule has 2 atom stereocenters. The van der Waals surface area contributed by atoms with Crippen molar-refractivity contribution in [1.29, 1.82) is 0 Å². The minimum atomic E-state index is 0.507. The van der Waals surface area contributed by atoms with Crippen molar-refractivity contribution in [2.24, 2.45) is 11.3 Å². The van der Waals surface area contributed by atoms with Gasteiger partial charge >= 0.3 is 0 Å². The van der Waals surface area contributed by atoms with E-state index in [0.29, 0.717) is 11.5 Å². The monoisotopic (exact) mass is 265 g/mol. The van der Waals surface area contributed by atoms with Crippen molar-refractivity contribution in [2.45, 2.75) is 83.3 Å². The fraction of sp³-hybridized carbons (Fsp3) is 1.00. The third-order valence-electron chi connectivity index (χ3n) is 6.03. The van der Waals surface area contributed by atoms with Gasteiger partial charge in [-0.25, -0.2) is 0 Å². The summed E-state index contributed by atoms with van der Waals surface area (Å²) in [6.45, 7) is 4.40. The van der Waals surface area contributed by atoms with Crippen LogP contribution in [0.4, 0.5) is 0 Å². The highest BCUT2D eigenvalue weighted by Gasteiger charge is 2.55. The molecule has 1 spiro atoms. The quantitative estimate of drug-likeness (QED) is 0.814. The largest absolute Gasteiger partial charge is 0.377 e. The Balaban J connectivity index is 1.55. The molecule has 19 heavy (non-hydrogen) atoms. The van der Waals surface area contributed by atoms with Crippen LogP contribution in [0, 0.1) is 11.3 Å². The molecule has 0 aromatic carbocycles. The number of nitrogens with one attached hydrogen (secondary N) is 1. The van der Waals surface area contributed by atoms with Crippen LogP contribution in [-0.2, 0) is 4.74 Å². The summed E-state index contributed by atoms with van der Waals surface area (Å²) in [5, 5.41) is 3.72. The molecule has 3 fully saturated rings. The van der Waals surface area contributed by atoms with Crippen LogP contribution in [0.15, 0.2) is 0 Å². The van der Waals surface area contributed by atoms with E-state index in [1.54, 1.807) is 0 Å². The summed E-state index contributed by atoms with van der Waals surface area (Å²) in [6, 6.07) is 0.742. The minimum absolute atomic E-state index is 0.507. The van der Waals surface area contributed by atoms with Crippen LogP contribution >= 0.6 is 0 Å². The highest BCUT2D eigenvalue weighted by Crippen LogP contribution is 2.53. The molecule has 0 aromatic heterocycles. The normalized spacial score (nSPS) is 34.6. The van der Waals surface area contributed by atoms with Gasteiger partial charge in [-0.15, -0.1) is 0 Å². The van der Waals surface area contributed by atoms with E-state index in [0.717, 1.165) is 25.1 Å². The first-order valence-corrected chi connectivity index (χ1v) is 8.70. The molecule has 3 rings (SSSR count). The number of rotatable bonds is 5. The lowest BCUT2D eigenvalue weighted by Crippen LogP contribution is -2.64. The van der Waals surface area contributed by atoms with Crippen LogP contribution in [0.1, 0.15) is 71.1 Å². The summed E-state index contributed by atoms with van der Waals surface area (Å²) in [5.41, 5.74) is 0.507. The highest BCUT2D eigenvalue weighted by atomic mass is 16.5. The second kappa shape index (κ2) is 6.13. The smallest absolute Gasteiger partial charge is 0.0661 e. The fourth-order valence-corrected chi connectivity index (χ4v) is 4.82. The van der Waals surface area contributed by atoms with Gasteiger partial charge in [0, 0.05) is 18.1 Å². The lowest BCUT2D eigenvalue weighted by molar-refractivity contribution is -0.158. The molecule has 0 aliphatic heterocycles. The van der Waals surface area contributed by atoms with E-state index in [-0.39, 0.29) is 0 Å². The van der Waals surface area contributed by atoms with Gasteiger partial charge in [-0.2, -0.15) is 0 Å². The molecule has 0 aromatic rings. The summed E-state index contributed by atoms with van der Waals surface area (Å²) >= 11 is 0. The molecule has 1 N–H and O–H groups in total. The Hall–Kier alpha value is -0.0800. The van der Waals surface area contributed by atoms with Gasteiger partial charge in [-0.1, -0.05) is 39.0 Å². The molecule has 2 unspecified atom stereocenters. The fourth-order valence-electron chi connectivity index (χ4n) is 4.82. The van der Waals surface area contributed by atoms with Crippen molar-refractivity contribution in [1.82, 2.24) is 5.32 Å². The maximum Gasteiger partial charge on any atom is 0.0661 e. The van der Waals surface area contributed by atoms with E-state index in [1.807, 2.05) is 0 Å². The second-order valence-electron chi connectivity index (χ2n) is 7.11. The molecule has 0 bridgehead atoms. The molecule has 0 radical (unpaired) electrons. The zero-order valence-corrected chi connectivity index (χ0v) is 12.6. The van der Waals surface area contributed by atoms with Crippen molar-refractivity contribution >= 4 is 0 Å². The predicted molar refractivity (Wildman–Crippen MR) is 79.3 cm³/mol. The average Bonchev–Trinajstić information content (AvgIpc) is 2.96. The molecule has 0 amide bonds. The van der Waals surface area contributed by atoms with E-state index in [2.05, 4.69) is 12.2 Å². The molecule has 3 aliphatic carbocycles. The summed E-state index contributed by atoms with van der Waals surface area (Å²) in [6.07, 6.45) is 14.6. The van der Waals surface area contributed by atoms with Crippen molar-refractivity contribution in [3.8, 4) is 0 Å². The number of ether oxygens (including phenoxy) is 1. The van der Waals surface area contributed by atoms with Gasteiger partial charge in [0.1, 0.15) is 0 Å². The van der Waals surface area contributed by atoms with Gasteiger partial charge in [-0.3, -0.25) is 0 Å². The predicted octanol–water partition coefficient (Wildman–Crippen LogP) is 3.89. The molecular weight excluding hydrogens is 234 g/mol. The minimum Gasteiger partial charge on any atom is -0.377 e. The standard InChI is InChI=1S/C17H31NO/c1-2-18-15-12-16(17(15)10-6-3-7-11-17)19-13-14-8-4-5-9-14/h14-16,18H,2-13H2,1H3. The molecule has 2 nitrogen and oxygen atoms in total. The van der Waals surface area contributed by atoms with Crippen LogP contribution in [0.3, 0.4) is 0 Å². The lowest BCUT2D eigenvalue weighted by atomic mass is 9.55. The van der Waals surface area contributed by atoms with E-state index in [4.69, 9.17) is 4.74 Å². The van der Waals surface area contributed by atoms with Crippen LogP contribution in [0.25, 0.3) is 0 Å². The molecule has 3 saturated carbocycles. The molecule has 110 valence electrons. The van der Waals surface area contributed by atoms with Gasteiger partial charge in [0.15, 0.2) is 0 Å². The van der Waals surface area contributed by atoms with E-state index in [9.17, 15) is 0 Å². The number of hydrogen-bond acceptors (Lipinski definition) is 2. The molecule has 0 heterocycles. The number of hydrogen-bond donors (Lipinski definition) is 1. The lowest BCUT2D eigenvalue weighted by Gasteiger charge is -2.58. The van der Waals surface area contributed by atoms with Gasteiger partial charge in [0.25, 0.3) is 0 Å². The van der Waals surface area contributed by atoms with E-state index >= 15 is 0 Å². The molecular formula is C17H31NO. The summed E-state index contributed by atoms with van der Waals surface area (Å²) in [4.78, 5) is 0. The van der Waals surface area contributed by atoms with Crippen molar-refractivity contribution in [3.05, 3.63) is 0 Å². The Bertz CT molecular complexity index is 279. The highest BCUT2D eigenvalue weighted by molar-refractivity contribution is 5.08. The zero-order valence-electron chi connectivity index (χ0n) is 12.6. The van der Waals surface area contributed by atoms with E-state index in [1.165, 1.54) is 64.2 Å². The van der Waals surface area contributed by atoms with Crippen molar-refractivity contribution in [2.75, 3.05) is 13.2 Å². The van der Waals surface area contributed by atoms with Crippen molar-refractivity contribution < 1.29 is 4.74 Å². The Labute approximate surface area is 118 Å². The summed E-state index contributed by atoms with van der Waals surface area (Å²) < 4.78 is 6.39. The first-order chi connectivity index (χ1) is 9.35.